The summed E-state index contributed by atoms with van der Waals surface area (Å²) in [4.78, 5) is 0. The fourth-order valence-corrected chi connectivity index (χ4v) is 1.38. The molecule has 0 aromatic heterocycles. The second-order valence-electron chi connectivity index (χ2n) is 4.32. The van der Waals surface area contributed by atoms with Gasteiger partial charge in [0.2, 0.25) is 0 Å². The smallest absolute Gasteiger partial charge is 1.00 e. The molecule has 1 aromatic rings. The molecule has 1 rings (SSSR count). The fourth-order valence-electron chi connectivity index (χ4n) is 1.38. The van der Waals surface area contributed by atoms with E-state index in [1.165, 1.54) is 5.56 Å². The predicted molar refractivity (Wildman–Crippen MR) is 70.3 cm³/mol. The standard InChI is InChI=1S/C8H10.C6H15N.Li.H/c1-2-8-6-4-3-5-7-8;1-5(2)7-6(3)4;;/h3-7H,2H2,1H3;5-7H,1-4H3;;/q;;+1;-1. The van der Waals surface area contributed by atoms with E-state index in [-0.39, 0.29) is 20.3 Å². The second kappa shape index (κ2) is 11.3. The third-order valence-electron chi connectivity index (χ3n) is 1.92. The maximum absolute atomic E-state index is 3.31. The van der Waals surface area contributed by atoms with Gasteiger partial charge in [-0.3, -0.25) is 0 Å². The average Bonchev–Trinajstić information content (AvgIpc) is 2.18. The van der Waals surface area contributed by atoms with E-state index in [4.69, 9.17) is 0 Å². The van der Waals surface area contributed by atoms with E-state index < -0.39 is 0 Å². The van der Waals surface area contributed by atoms with Crippen molar-refractivity contribution in [1.29, 1.82) is 0 Å². The number of rotatable bonds is 3. The molecule has 2 heteroatoms. The molecule has 1 nitrogen and oxygen atoms in total. The summed E-state index contributed by atoms with van der Waals surface area (Å²) < 4.78 is 0. The van der Waals surface area contributed by atoms with Crippen LogP contribution in [0.4, 0.5) is 0 Å². The van der Waals surface area contributed by atoms with E-state index in [9.17, 15) is 0 Å². The Bertz CT molecular complexity index is 231. The number of aryl methyl sites for hydroxylation is 1. The molecule has 1 aromatic carbocycles. The van der Waals surface area contributed by atoms with E-state index in [0.717, 1.165) is 6.42 Å². The molecule has 0 saturated heterocycles. The topological polar surface area (TPSA) is 12.0 Å². The molecule has 0 aliphatic carbocycles. The Morgan fingerprint density at radius 2 is 1.44 bits per heavy atom. The van der Waals surface area contributed by atoms with Crippen molar-refractivity contribution in [2.75, 3.05) is 0 Å². The monoisotopic (exact) mass is 215 g/mol. The molecule has 0 spiro atoms. The summed E-state index contributed by atoms with van der Waals surface area (Å²) in [5.74, 6) is 0. The van der Waals surface area contributed by atoms with Crippen molar-refractivity contribution in [3.63, 3.8) is 0 Å². The van der Waals surface area contributed by atoms with Gasteiger partial charge in [0.1, 0.15) is 0 Å². The predicted octanol–water partition coefficient (Wildman–Crippen LogP) is 0.758. The molecule has 0 heterocycles. The van der Waals surface area contributed by atoms with Crippen LogP contribution in [-0.2, 0) is 6.42 Å². The van der Waals surface area contributed by atoms with Crippen molar-refractivity contribution in [3.8, 4) is 0 Å². The van der Waals surface area contributed by atoms with E-state index >= 15 is 0 Å². The van der Waals surface area contributed by atoms with Gasteiger partial charge in [-0.1, -0.05) is 65.0 Å². The number of benzene rings is 1. The third-order valence-corrected chi connectivity index (χ3v) is 1.92. The Hall–Kier alpha value is -0.223. The van der Waals surface area contributed by atoms with Gasteiger partial charge in [-0.2, -0.15) is 0 Å². The summed E-state index contributed by atoms with van der Waals surface area (Å²) in [6.45, 7) is 10.8. The Labute approximate surface area is 115 Å². The van der Waals surface area contributed by atoms with Gasteiger partial charge in [-0.25, -0.2) is 0 Å². The zero-order chi connectivity index (χ0) is 11.7. The van der Waals surface area contributed by atoms with Gasteiger partial charge < -0.3 is 6.74 Å². The number of hydrogen-bond donors (Lipinski definition) is 1. The molecule has 0 atom stereocenters. The van der Waals surface area contributed by atoms with Crippen molar-refractivity contribution < 1.29 is 20.3 Å². The molecular formula is C14H26LiN. The van der Waals surface area contributed by atoms with Crippen molar-refractivity contribution >= 4 is 0 Å². The Morgan fingerprint density at radius 3 is 1.62 bits per heavy atom. The van der Waals surface area contributed by atoms with Crippen molar-refractivity contribution in [2.45, 2.75) is 53.1 Å². The molecule has 16 heavy (non-hydrogen) atoms. The Kier molecular flexibility index (Phi) is 12.8. The summed E-state index contributed by atoms with van der Waals surface area (Å²) >= 11 is 0. The molecule has 1 N–H and O–H groups in total. The van der Waals surface area contributed by atoms with E-state index in [1.807, 2.05) is 6.07 Å². The van der Waals surface area contributed by atoms with Crippen LogP contribution in [0.5, 0.6) is 0 Å². The largest absolute Gasteiger partial charge is 1.00 e. The molecule has 0 fully saturated rings. The zero-order valence-electron chi connectivity index (χ0n) is 12.7. The molecular weight excluding hydrogens is 189 g/mol. The molecule has 0 bridgehead atoms. The van der Waals surface area contributed by atoms with Crippen LogP contribution in [0.3, 0.4) is 0 Å². The van der Waals surface area contributed by atoms with Crippen LogP contribution in [0.1, 0.15) is 41.6 Å². The van der Waals surface area contributed by atoms with Gasteiger partial charge in [0.05, 0.1) is 0 Å². The Balaban J connectivity index is -0.000000208. The van der Waals surface area contributed by atoms with Crippen LogP contribution >= 0.6 is 0 Å². The van der Waals surface area contributed by atoms with Gasteiger partial charge >= 0.3 is 18.9 Å². The first-order chi connectivity index (χ1) is 7.06. The van der Waals surface area contributed by atoms with Gasteiger partial charge in [-0.05, 0) is 12.0 Å². The van der Waals surface area contributed by atoms with Crippen LogP contribution in [0.25, 0.3) is 0 Å². The summed E-state index contributed by atoms with van der Waals surface area (Å²) in [5, 5.41) is 3.31. The third kappa shape index (κ3) is 11.8. The molecule has 0 amide bonds. The summed E-state index contributed by atoms with van der Waals surface area (Å²) in [7, 11) is 0. The van der Waals surface area contributed by atoms with Gasteiger partial charge in [0, 0.05) is 12.1 Å². The van der Waals surface area contributed by atoms with Gasteiger partial charge in [0.15, 0.2) is 0 Å². The fraction of sp³-hybridized carbons (Fsp3) is 0.571. The first-order valence-corrected chi connectivity index (χ1v) is 5.86. The first kappa shape index (κ1) is 18.2. The Morgan fingerprint density at radius 1 is 1.00 bits per heavy atom. The van der Waals surface area contributed by atoms with E-state index in [2.05, 4.69) is 64.2 Å². The minimum Gasteiger partial charge on any atom is -1.00 e. The van der Waals surface area contributed by atoms with Crippen LogP contribution < -0.4 is 24.2 Å². The van der Waals surface area contributed by atoms with Crippen LogP contribution in [-0.4, -0.2) is 12.1 Å². The number of hydrogen-bond acceptors (Lipinski definition) is 1. The minimum atomic E-state index is 0. The van der Waals surface area contributed by atoms with Crippen LogP contribution in [0, 0.1) is 0 Å². The minimum absolute atomic E-state index is 0. The summed E-state index contributed by atoms with van der Waals surface area (Å²) in [6.07, 6.45) is 1.14. The molecule has 0 saturated carbocycles. The van der Waals surface area contributed by atoms with Crippen molar-refractivity contribution in [2.24, 2.45) is 0 Å². The zero-order valence-corrected chi connectivity index (χ0v) is 11.7. The SMILES string of the molecule is CC(C)NC(C)C.CCc1ccccc1.[H-].[Li+]. The van der Waals surface area contributed by atoms with Crippen LogP contribution in [0.15, 0.2) is 30.3 Å². The maximum Gasteiger partial charge on any atom is 1.00 e. The molecule has 88 valence electrons. The van der Waals surface area contributed by atoms with Crippen molar-refractivity contribution in [1.82, 2.24) is 5.32 Å². The number of nitrogens with one attached hydrogen (secondary N) is 1. The normalized spacial score (nSPS) is 9.44. The van der Waals surface area contributed by atoms with E-state index in [1.54, 1.807) is 0 Å². The quantitative estimate of drug-likeness (QED) is 0.734. The molecule has 0 aliphatic rings. The summed E-state index contributed by atoms with van der Waals surface area (Å²) in [6, 6.07) is 11.7. The van der Waals surface area contributed by atoms with Gasteiger partial charge in [-0.15, -0.1) is 0 Å². The molecule has 0 radical (unpaired) electrons. The molecule has 0 aliphatic heterocycles. The molecule has 0 unspecified atom stereocenters. The summed E-state index contributed by atoms with van der Waals surface area (Å²) in [5.41, 5.74) is 1.41. The van der Waals surface area contributed by atoms with Gasteiger partial charge in [0.25, 0.3) is 0 Å². The van der Waals surface area contributed by atoms with E-state index in [0.29, 0.717) is 12.1 Å². The van der Waals surface area contributed by atoms with Crippen LogP contribution in [0.2, 0.25) is 0 Å². The van der Waals surface area contributed by atoms with Crippen molar-refractivity contribution in [3.05, 3.63) is 35.9 Å². The second-order valence-corrected chi connectivity index (χ2v) is 4.32. The maximum atomic E-state index is 3.31. The average molecular weight is 215 g/mol. The first-order valence-electron chi connectivity index (χ1n) is 5.86.